The molecule has 0 saturated carbocycles. The van der Waals surface area contributed by atoms with E-state index in [0.717, 1.165) is 0 Å². The average molecular weight is 297 g/mol. The van der Waals surface area contributed by atoms with E-state index in [1.807, 2.05) is 0 Å². The summed E-state index contributed by atoms with van der Waals surface area (Å²) in [6.45, 7) is 5.25. The van der Waals surface area contributed by atoms with Gasteiger partial charge in [-0.05, 0) is 26.8 Å². The molecule has 0 saturated heterocycles. The minimum atomic E-state index is -0.623. The molecule has 3 nitrogen and oxygen atoms in total. The van der Waals surface area contributed by atoms with Gasteiger partial charge in [0.15, 0.2) is 0 Å². The SMILES string of the molecule is CC(C)(C)OC(=O)c1cc(Cl)c(Cl)c(Cl)c1N. The Hall–Kier alpha value is -0.640. The van der Waals surface area contributed by atoms with Crippen molar-refractivity contribution in [2.75, 3.05) is 5.73 Å². The zero-order valence-corrected chi connectivity index (χ0v) is 11.9. The van der Waals surface area contributed by atoms with Gasteiger partial charge in [-0.3, -0.25) is 0 Å². The zero-order valence-electron chi connectivity index (χ0n) is 9.61. The van der Waals surface area contributed by atoms with Crippen molar-refractivity contribution in [1.82, 2.24) is 0 Å². The predicted molar refractivity (Wildman–Crippen MR) is 71.1 cm³/mol. The summed E-state index contributed by atoms with van der Waals surface area (Å²) >= 11 is 17.5. The number of benzene rings is 1. The van der Waals surface area contributed by atoms with E-state index >= 15 is 0 Å². The molecule has 17 heavy (non-hydrogen) atoms. The molecule has 0 fully saturated rings. The summed E-state index contributed by atoms with van der Waals surface area (Å²) in [6.07, 6.45) is 0. The Morgan fingerprint density at radius 2 is 1.76 bits per heavy atom. The second-order valence-corrected chi connectivity index (χ2v) is 5.61. The average Bonchev–Trinajstić information content (AvgIpc) is 2.17. The number of nitrogens with two attached hydrogens (primary N) is 1. The van der Waals surface area contributed by atoms with Crippen molar-refractivity contribution in [1.29, 1.82) is 0 Å². The van der Waals surface area contributed by atoms with Gasteiger partial charge in [-0.2, -0.15) is 0 Å². The van der Waals surface area contributed by atoms with Crippen molar-refractivity contribution < 1.29 is 9.53 Å². The summed E-state index contributed by atoms with van der Waals surface area (Å²) in [6, 6.07) is 1.35. The Kier molecular flexibility index (Phi) is 4.18. The number of anilines is 1. The van der Waals surface area contributed by atoms with Crippen LogP contribution in [-0.2, 0) is 4.74 Å². The van der Waals surface area contributed by atoms with Gasteiger partial charge in [-0.15, -0.1) is 0 Å². The standard InChI is InChI=1S/C11H12Cl3NO2/c1-11(2,3)17-10(16)5-4-6(12)7(13)8(14)9(5)15/h4H,15H2,1-3H3. The van der Waals surface area contributed by atoms with E-state index in [9.17, 15) is 4.79 Å². The van der Waals surface area contributed by atoms with E-state index in [4.69, 9.17) is 45.3 Å². The lowest BCUT2D eigenvalue weighted by Crippen LogP contribution is -2.24. The Morgan fingerprint density at radius 3 is 2.24 bits per heavy atom. The van der Waals surface area contributed by atoms with Crippen molar-refractivity contribution in [3.8, 4) is 0 Å². The summed E-state index contributed by atoms with van der Waals surface area (Å²) < 4.78 is 5.18. The maximum atomic E-state index is 11.8. The van der Waals surface area contributed by atoms with Gasteiger partial charge in [-0.25, -0.2) is 4.79 Å². The molecule has 6 heteroatoms. The molecule has 0 aromatic heterocycles. The molecule has 0 unspecified atom stereocenters. The Labute approximate surface area is 115 Å². The van der Waals surface area contributed by atoms with Crippen LogP contribution in [0.3, 0.4) is 0 Å². The number of ether oxygens (including phenoxy) is 1. The summed E-state index contributed by atoms with van der Waals surface area (Å²) in [5.74, 6) is -0.588. The van der Waals surface area contributed by atoms with Gasteiger partial charge in [0, 0.05) is 0 Å². The fourth-order valence-electron chi connectivity index (χ4n) is 1.11. The van der Waals surface area contributed by atoms with E-state index in [1.165, 1.54) is 6.07 Å². The molecular formula is C11H12Cl3NO2. The Morgan fingerprint density at radius 1 is 1.24 bits per heavy atom. The van der Waals surface area contributed by atoms with Crippen molar-refractivity contribution in [2.45, 2.75) is 26.4 Å². The molecule has 0 bridgehead atoms. The largest absolute Gasteiger partial charge is 0.456 e. The number of hydrogen-bond donors (Lipinski definition) is 1. The molecule has 1 aromatic rings. The highest BCUT2D eigenvalue weighted by Gasteiger charge is 2.23. The second kappa shape index (κ2) is 4.92. The molecule has 0 aliphatic carbocycles. The number of halogens is 3. The summed E-state index contributed by atoms with van der Waals surface area (Å²) in [5, 5.41) is 0.338. The number of carbonyl (C=O) groups excluding carboxylic acids is 1. The molecule has 0 atom stereocenters. The van der Waals surface area contributed by atoms with Crippen LogP contribution in [0.25, 0.3) is 0 Å². The molecule has 2 N–H and O–H groups in total. The number of hydrogen-bond acceptors (Lipinski definition) is 3. The molecule has 0 heterocycles. The summed E-state index contributed by atoms with van der Waals surface area (Å²) in [7, 11) is 0. The van der Waals surface area contributed by atoms with Crippen molar-refractivity contribution in [3.63, 3.8) is 0 Å². The Bertz CT molecular complexity index is 467. The summed E-state index contributed by atoms with van der Waals surface area (Å²) in [5.41, 5.74) is 5.25. The molecule has 94 valence electrons. The molecule has 0 amide bonds. The van der Waals surface area contributed by atoms with Crippen LogP contribution in [0.2, 0.25) is 15.1 Å². The van der Waals surface area contributed by atoms with Crippen LogP contribution in [0.15, 0.2) is 6.07 Å². The van der Waals surface area contributed by atoms with Crippen LogP contribution in [0, 0.1) is 0 Å². The maximum absolute atomic E-state index is 11.8. The van der Waals surface area contributed by atoms with Crippen LogP contribution in [0.4, 0.5) is 5.69 Å². The number of nitrogen functional groups attached to an aromatic ring is 1. The number of esters is 1. The zero-order chi connectivity index (χ0) is 13.4. The lowest BCUT2D eigenvalue weighted by Gasteiger charge is -2.20. The number of rotatable bonds is 1. The third kappa shape index (κ3) is 3.41. The fraction of sp³-hybridized carbons (Fsp3) is 0.364. The van der Waals surface area contributed by atoms with Gasteiger partial charge in [0.1, 0.15) is 5.60 Å². The quantitative estimate of drug-likeness (QED) is 0.480. The second-order valence-electron chi connectivity index (χ2n) is 4.45. The normalized spacial score (nSPS) is 11.4. The van der Waals surface area contributed by atoms with Gasteiger partial charge in [0.2, 0.25) is 0 Å². The predicted octanol–water partition coefficient (Wildman–Crippen LogP) is 4.18. The molecule has 1 aromatic carbocycles. The highest BCUT2D eigenvalue weighted by molar-refractivity contribution is 6.49. The first kappa shape index (κ1) is 14.4. The fourth-order valence-corrected chi connectivity index (χ4v) is 1.72. The summed E-state index contributed by atoms with van der Waals surface area (Å²) in [4.78, 5) is 11.8. The van der Waals surface area contributed by atoms with Gasteiger partial charge in [0.25, 0.3) is 0 Å². The van der Waals surface area contributed by atoms with Crippen LogP contribution >= 0.6 is 34.8 Å². The third-order valence-electron chi connectivity index (χ3n) is 1.82. The van der Waals surface area contributed by atoms with Crippen LogP contribution in [0.1, 0.15) is 31.1 Å². The van der Waals surface area contributed by atoms with E-state index in [0.29, 0.717) is 0 Å². The lowest BCUT2D eigenvalue weighted by molar-refractivity contribution is 0.00708. The van der Waals surface area contributed by atoms with Gasteiger partial charge in [0.05, 0.1) is 26.3 Å². The van der Waals surface area contributed by atoms with E-state index in [-0.39, 0.29) is 26.3 Å². The van der Waals surface area contributed by atoms with Gasteiger partial charge in [-0.1, -0.05) is 34.8 Å². The third-order valence-corrected chi connectivity index (χ3v) is 3.10. The minimum Gasteiger partial charge on any atom is -0.456 e. The molecule has 0 aliphatic heterocycles. The number of carbonyl (C=O) groups is 1. The molecular weight excluding hydrogens is 284 g/mol. The van der Waals surface area contributed by atoms with Crippen LogP contribution in [0.5, 0.6) is 0 Å². The topological polar surface area (TPSA) is 52.3 Å². The molecule has 0 aliphatic rings. The molecule has 0 radical (unpaired) electrons. The van der Waals surface area contributed by atoms with Gasteiger partial charge < -0.3 is 10.5 Å². The van der Waals surface area contributed by atoms with E-state index < -0.39 is 11.6 Å². The van der Waals surface area contributed by atoms with Gasteiger partial charge >= 0.3 is 5.97 Å². The first-order chi connectivity index (χ1) is 7.63. The lowest BCUT2D eigenvalue weighted by atomic mass is 10.1. The highest BCUT2D eigenvalue weighted by atomic mass is 35.5. The smallest absolute Gasteiger partial charge is 0.340 e. The monoisotopic (exact) mass is 295 g/mol. The van der Waals surface area contributed by atoms with Crippen LogP contribution < -0.4 is 5.73 Å². The van der Waals surface area contributed by atoms with E-state index in [2.05, 4.69) is 0 Å². The first-order valence-electron chi connectivity index (χ1n) is 4.80. The maximum Gasteiger partial charge on any atom is 0.340 e. The minimum absolute atomic E-state index is 0.0556. The van der Waals surface area contributed by atoms with E-state index in [1.54, 1.807) is 20.8 Å². The van der Waals surface area contributed by atoms with Crippen molar-refractivity contribution in [2.24, 2.45) is 0 Å². The first-order valence-corrected chi connectivity index (χ1v) is 5.93. The van der Waals surface area contributed by atoms with Crippen molar-refractivity contribution >= 4 is 46.5 Å². The van der Waals surface area contributed by atoms with Crippen molar-refractivity contribution in [3.05, 3.63) is 26.7 Å². The molecule has 0 spiro atoms. The Balaban J connectivity index is 3.20. The molecule has 1 rings (SSSR count). The highest BCUT2D eigenvalue weighted by Crippen LogP contribution is 2.37. The van der Waals surface area contributed by atoms with Crippen LogP contribution in [-0.4, -0.2) is 11.6 Å².